The van der Waals surface area contributed by atoms with Crippen molar-refractivity contribution in [3.8, 4) is 0 Å². The minimum atomic E-state index is -6.31. The molecule has 0 saturated heterocycles. The fraction of sp³-hybridized carbons (Fsp3) is 1.00. The molecule has 0 radical (unpaired) electrons. The average Bonchev–Trinajstić information content (AvgIpc) is 2.11. The van der Waals surface area contributed by atoms with Crippen LogP contribution in [-0.4, -0.2) is 24.1 Å². The number of hydrogen-bond donors (Lipinski definition) is 1. The lowest BCUT2D eigenvalue weighted by atomic mass is 9.95. The van der Waals surface area contributed by atoms with Crippen LogP contribution in [0.1, 0.15) is 26.7 Å². The van der Waals surface area contributed by atoms with Crippen LogP contribution in [0.5, 0.6) is 0 Å². The number of rotatable bonds is 5. The highest BCUT2D eigenvalue weighted by Gasteiger charge is 2.74. The Kier molecular flexibility index (Phi) is 7.00. The summed E-state index contributed by atoms with van der Waals surface area (Å²) in [5, 5.41) is 0. The van der Waals surface area contributed by atoms with E-state index in [1.807, 2.05) is 0 Å². The van der Waals surface area contributed by atoms with E-state index in [-0.39, 0.29) is 24.7 Å². The van der Waals surface area contributed by atoms with E-state index in [0.717, 1.165) is 0 Å². The van der Waals surface area contributed by atoms with Crippen molar-refractivity contribution in [3.05, 3.63) is 0 Å². The van der Waals surface area contributed by atoms with E-state index in [4.69, 9.17) is 5.73 Å². The van der Waals surface area contributed by atoms with E-state index in [1.54, 1.807) is 13.8 Å². The summed E-state index contributed by atoms with van der Waals surface area (Å²) in [6.45, 7) is 3.24. The molecular formula is C9H15ClF7N. The van der Waals surface area contributed by atoms with Gasteiger partial charge in [0.15, 0.2) is 0 Å². The summed E-state index contributed by atoms with van der Waals surface area (Å²) in [4.78, 5) is 0. The lowest BCUT2D eigenvalue weighted by molar-refractivity contribution is -0.358. The Balaban J connectivity index is 0. The molecule has 0 aliphatic carbocycles. The van der Waals surface area contributed by atoms with Gasteiger partial charge in [-0.3, -0.25) is 0 Å². The Labute approximate surface area is 106 Å². The van der Waals surface area contributed by atoms with Gasteiger partial charge in [0.05, 0.1) is 6.04 Å². The van der Waals surface area contributed by atoms with E-state index in [1.165, 1.54) is 0 Å². The molecular weight excluding hydrogens is 291 g/mol. The third kappa shape index (κ3) is 4.15. The van der Waals surface area contributed by atoms with Gasteiger partial charge in [-0.25, -0.2) is 0 Å². The molecule has 0 heterocycles. The van der Waals surface area contributed by atoms with Crippen LogP contribution >= 0.6 is 12.4 Å². The van der Waals surface area contributed by atoms with E-state index in [2.05, 4.69) is 0 Å². The van der Waals surface area contributed by atoms with Crippen LogP contribution in [0.3, 0.4) is 0 Å². The van der Waals surface area contributed by atoms with Crippen LogP contribution in [0, 0.1) is 5.92 Å². The molecule has 0 aromatic heterocycles. The second-order valence-corrected chi connectivity index (χ2v) is 4.27. The van der Waals surface area contributed by atoms with Gasteiger partial charge in [-0.1, -0.05) is 13.8 Å². The highest BCUT2D eigenvalue weighted by atomic mass is 35.5. The number of halogens is 8. The summed E-state index contributed by atoms with van der Waals surface area (Å²) >= 11 is 0. The lowest BCUT2D eigenvalue weighted by Crippen LogP contribution is -2.60. The van der Waals surface area contributed by atoms with Crippen molar-refractivity contribution in [2.45, 2.75) is 50.8 Å². The maximum absolute atomic E-state index is 12.9. The van der Waals surface area contributed by atoms with Gasteiger partial charge >= 0.3 is 18.0 Å². The first-order valence-electron chi connectivity index (χ1n) is 4.92. The Morgan fingerprint density at radius 3 is 1.56 bits per heavy atom. The molecule has 0 aromatic rings. The van der Waals surface area contributed by atoms with Crippen LogP contribution < -0.4 is 5.73 Å². The fourth-order valence-electron chi connectivity index (χ4n) is 1.12. The number of hydrogen-bond acceptors (Lipinski definition) is 1. The van der Waals surface area contributed by atoms with Gasteiger partial charge in [-0.05, 0) is 18.8 Å². The predicted molar refractivity (Wildman–Crippen MR) is 55.2 cm³/mol. The molecule has 0 aliphatic rings. The van der Waals surface area contributed by atoms with Gasteiger partial charge in [0.1, 0.15) is 0 Å². The largest absolute Gasteiger partial charge is 0.459 e. The van der Waals surface area contributed by atoms with Crippen LogP contribution in [0.2, 0.25) is 0 Å². The van der Waals surface area contributed by atoms with Gasteiger partial charge in [-0.2, -0.15) is 30.7 Å². The molecule has 0 aromatic carbocycles. The van der Waals surface area contributed by atoms with Gasteiger partial charge in [-0.15, -0.1) is 12.4 Å². The Morgan fingerprint density at radius 2 is 1.28 bits per heavy atom. The van der Waals surface area contributed by atoms with Gasteiger partial charge in [0.2, 0.25) is 0 Å². The maximum Gasteiger partial charge on any atom is 0.459 e. The van der Waals surface area contributed by atoms with Gasteiger partial charge in [0.25, 0.3) is 0 Å². The molecule has 0 fully saturated rings. The second-order valence-electron chi connectivity index (χ2n) is 4.27. The minimum absolute atomic E-state index is 0. The first-order valence-corrected chi connectivity index (χ1v) is 4.92. The third-order valence-electron chi connectivity index (χ3n) is 2.30. The van der Waals surface area contributed by atoms with Crippen molar-refractivity contribution in [2.75, 3.05) is 0 Å². The van der Waals surface area contributed by atoms with Crippen molar-refractivity contribution < 1.29 is 30.7 Å². The second kappa shape index (κ2) is 6.27. The summed E-state index contributed by atoms with van der Waals surface area (Å²) in [5.74, 6) is -11.5. The zero-order chi connectivity index (χ0) is 14.1. The standard InChI is InChI=1S/C9H14F7N.ClH/c1-5(2)3-4-6(17)7(10,11)8(12,13)9(14,15)16;/h5-6H,3-4,17H2,1-2H3;1H/t6-;/m0./s1. The van der Waals surface area contributed by atoms with Crippen LogP contribution in [0.25, 0.3) is 0 Å². The molecule has 0 saturated carbocycles. The molecule has 1 atom stereocenters. The number of nitrogens with two attached hydrogens (primary N) is 1. The first kappa shape index (κ1) is 20.1. The summed E-state index contributed by atoms with van der Waals surface area (Å²) < 4.78 is 86.4. The average molecular weight is 306 g/mol. The van der Waals surface area contributed by atoms with E-state index < -0.39 is 30.5 Å². The zero-order valence-electron chi connectivity index (χ0n) is 9.70. The van der Waals surface area contributed by atoms with Gasteiger partial charge < -0.3 is 5.73 Å². The maximum atomic E-state index is 12.9. The molecule has 0 amide bonds. The zero-order valence-corrected chi connectivity index (χ0v) is 10.5. The third-order valence-corrected chi connectivity index (χ3v) is 2.30. The summed E-state index contributed by atoms with van der Waals surface area (Å²) in [6, 6.07) is -2.53. The SMILES string of the molecule is CC(C)CC[C@H](N)C(F)(F)C(F)(F)C(F)(F)F.Cl. The van der Waals surface area contributed by atoms with E-state index in [9.17, 15) is 30.7 Å². The molecule has 1 nitrogen and oxygen atoms in total. The highest BCUT2D eigenvalue weighted by molar-refractivity contribution is 5.85. The molecule has 2 N–H and O–H groups in total. The molecule has 0 spiro atoms. The molecule has 18 heavy (non-hydrogen) atoms. The molecule has 0 unspecified atom stereocenters. The highest BCUT2D eigenvalue weighted by Crippen LogP contribution is 2.48. The van der Waals surface area contributed by atoms with Crippen molar-refractivity contribution in [3.63, 3.8) is 0 Å². The van der Waals surface area contributed by atoms with Crippen LogP contribution in [-0.2, 0) is 0 Å². The van der Waals surface area contributed by atoms with Crippen LogP contribution in [0.4, 0.5) is 30.7 Å². The van der Waals surface area contributed by atoms with Crippen LogP contribution in [0.15, 0.2) is 0 Å². The first-order chi connectivity index (χ1) is 7.34. The quantitative estimate of drug-likeness (QED) is 0.763. The van der Waals surface area contributed by atoms with E-state index >= 15 is 0 Å². The van der Waals surface area contributed by atoms with Gasteiger partial charge in [0, 0.05) is 0 Å². The molecule has 9 heteroatoms. The van der Waals surface area contributed by atoms with Crippen molar-refractivity contribution in [1.82, 2.24) is 0 Å². The smallest absolute Gasteiger partial charge is 0.322 e. The van der Waals surface area contributed by atoms with E-state index in [0.29, 0.717) is 0 Å². The summed E-state index contributed by atoms with van der Waals surface area (Å²) in [7, 11) is 0. The van der Waals surface area contributed by atoms with Crippen molar-refractivity contribution in [1.29, 1.82) is 0 Å². The Morgan fingerprint density at radius 1 is 0.889 bits per heavy atom. The monoisotopic (exact) mass is 305 g/mol. The summed E-state index contributed by atoms with van der Waals surface area (Å²) in [5.41, 5.74) is 4.75. The predicted octanol–water partition coefficient (Wildman–Crippen LogP) is 4.00. The Hall–Kier alpha value is -0.240. The minimum Gasteiger partial charge on any atom is -0.322 e. The topological polar surface area (TPSA) is 26.0 Å². The normalized spacial score (nSPS) is 15.5. The molecule has 112 valence electrons. The Bertz CT molecular complexity index is 252. The summed E-state index contributed by atoms with van der Waals surface area (Å²) in [6.07, 6.45) is -6.87. The number of alkyl halides is 7. The van der Waals surface area contributed by atoms with Crippen molar-refractivity contribution in [2.24, 2.45) is 11.7 Å². The molecule has 0 bridgehead atoms. The fourth-order valence-corrected chi connectivity index (χ4v) is 1.12. The molecule has 0 rings (SSSR count). The van der Waals surface area contributed by atoms with Crippen molar-refractivity contribution >= 4 is 12.4 Å². The molecule has 0 aliphatic heterocycles. The lowest BCUT2D eigenvalue weighted by Gasteiger charge is -2.32.